The summed E-state index contributed by atoms with van der Waals surface area (Å²) in [5.41, 5.74) is 1.18. The Morgan fingerprint density at radius 2 is 2.38 bits per heavy atom. The molecule has 3 rings (SSSR count). The van der Waals surface area contributed by atoms with Crippen LogP contribution in [0.25, 0.3) is 0 Å². The smallest absolute Gasteiger partial charge is 0.114 e. The Hall–Kier alpha value is -0.870. The molecule has 0 spiro atoms. The minimum Gasteiger partial charge on any atom is -0.393 e. The Labute approximate surface area is 95.3 Å². The first-order valence-corrected chi connectivity index (χ1v) is 6.14. The zero-order valence-corrected chi connectivity index (χ0v) is 9.43. The second-order valence-electron chi connectivity index (χ2n) is 4.82. The lowest BCUT2D eigenvalue weighted by Gasteiger charge is -2.26. The van der Waals surface area contributed by atoms with E-state index in [9.17, 15) is 5.11 Å². The van der Waals surface area contributed by atoms with Gasteiger partial charge < -0.3 is 14.4 Å². The summed E-state index contributed by atoms with van der Waals surface area (Å²) in [6.07, 6.45) is 5.66. The van der Waals surface area contributed by atoms with Crippen LogP contribution in [-0.4, -0.2) is 34.0 Å². The first kappa shape index (κ1) is 10.3. The van der Waals surface area contributed by atoms with Gasteiger partial charge in [0.2, 0.25) is 0 Å². The van der Waals surface area contributed by atoms with Crippen LogP contribution in [0.15, 0.2) is 6.20 Å². The molecule has 2 atom stereocenters. The van der Waals surface area contributed by atoms with Crippen LogP contribution in [0.4, 0.5) is 0 Å². The highest BCUT2D eigenvalue weighted by Gasteiger charge is 2.25. The van der Waals surface area contributed by atoms with Crippen LogP contribution < -0.4 is 0 Å². The molecule has 0 aliphatic carbocycles. The molecular formula is C12H18N2O2. The fourth-order valence-electron chi connectivity index (χ4n) is 2.74. The van der Waals surface area contributed by atoms with Crippen molar-refractivity contribution < 1.29 is 9.84 Å². The van der Waals surface area contributed by atoms with Gasteiger partial charge in [0.1, 0.15) is 5.82 Å². The van der Waals surface area contributed by atoms with Gasteiger partial charge in [-0.3, -0.25) is 0 Å². The SMILES string of the molecule is OC1CCn2c(cnc2C2CCCOC2)C1. The molecule has 1 aromatic rings. The summed E-state index contributed by atoms with van der Waals surface area (Å²) in [5, 5.41) is 9.61. The Balaban J connectivity index is 1.85. The number of aromatic nitrogens is 2. The third-order valence-corrected chi connectivity index (χ3v) is 3.63. The maximum Gasteiger partial charge on any atom is 0.114 e. The molecule has 4 nitrogen and oxygen atoms in total. The van der Waals surface area contributed by atoms with Gasteiger partial charge in [-0.05, 0) is 19.3 Å². The van der Waals surface area contributed by atoms with Gasteiger partial charge in [0.15, 0.2) is 0 Å². The molecule has 2 aliphatic heterocycles. The van der Waals surface area contributed by atoms with Gasteiger partial charge >= 0.3 is 0 Å². The van der Waals surface area contributed by atoms with Crippen molar-refractivity contribution in [3.63, 3.8) is 0 Å². The Morgan fingerprint density at radius 3 is 3.19 bits per heavy atom. The number of hydrogen-bond donors (Lipinski definition) is 1. The first-order valence-electron chi connectivity index (χ1n) is 6.14. The summed E-state index contributed by atoms with van der Waals surface area (Å²) in [4.78, 5) is 4.53. The molecule has 0 bridgehead atoms. The standard InChI is InChI=1S/C12H18N2O2/c15-11-3-4-14-10(6-11)7-13-12(14)9-2-1-5-16-8-9/h7,9,11,15H,1-6,8H2. The molecule has 0 saturated carbocycles. The summed E-state index contributed by atoms with van der Waals surface area (Å²) < 4.78 is 7.80. The third-order valence-electron chi connectivity index (χ3n) is 3.63. The van der Waals surface area contributed by atoms with E-state index in [2.05, 4.69) is 9.55 Å². The Bertz CT molecular complexity index is 369. The fraction of sp³-hybridized carbons (Fsp3) is 0.750. The molecule has 4 heteroatoms. The predicted molar refractivity (Wildman–Crippen MR) is 59.3 cm³/mol. The number of imidazole rings is 1. The van der Waals surface area contributed by atoms with E-state index in [-0.39, 0.29) is 6.10 Å². The zero-order valence-electron chi connectivity index (χ0n) is 9.43. The third kappa shape index (κ3) is 1.76. The zero-order chi connectivity index (χ0) is 11.0. The summed E-state index contributed by atoms with van der Waals surface area (Å²) in [6, 6.07) is 0. The number of fused-ring (bicyclic) bond motifs is 1. The normalized spacial score (nSPS) is 30.1. The molecule has 0 aromatic carbocycles. The van der Waals surface area contributed by atoms with E-state index < -0.39 is 0 Å². The van der Waals surface area contributed by atoms with Crippen LogP contribution in [0.2, 0.25) is 0 Å². The summed E-state index contributed by atoms with van der Waals surface area (Å²) in [7, 11) is 0. The average molecular weight is 222 g/mol. The molecule has 16 heavy (non-hydrogen) atoms. The summed E-state index contributed by atoms with van der Waals surface area (Å²) in [6.45, 7) is 2.60. The van der Waals surface area contributed by atoms with Gasteiger partial charge in [-0.2, -0.15) is 0 Å². The van der Waals surface area contributed by atoms with E-state index in [1.807, 2.05) is 6.20 Å². The maximum atomic E-state index is 9.61. The molecule has 2 unspecified atom stereocenters. The molecule has 88 valence electrons. The lowest BCUT2D eigenvalue weighted by Crippen LogP contribution is -2.26. The van der Waals surface area contributed by atoms with Crippen LogP contribution in [0.3, 0.4) is 0 Å². The topological polar surface area (TPSA) is 47.3 Å². The van der Waals surface area contributed by atoms with Crippen molar-refractivity contribution in [2.75, 3.05) is 13.2 Å². The number of ether oxygens (including phenoxy) is 1. The first-order chi connectivity index (χ1) is 7.84. The molecule has 0 radical (unpaired) electrons. The molecule has 1 aromatic heterocycles. The number of aliphatic hydroxyl groups excluding tert-OH is 1. The Kier molecular flexibility index (Phi) is 2.69. The molecule has 1 N–H and O–H groups in total. The maximum absolute atomic E-state index is 9.61. The predicted octanol–water partition coefficient (Wildman–Crippen LogP) is 1.08. The highest BCUT2D eigenvalue weighted by Crippen LogP contribution is 2.27. The van der Waals surface area contributed by atoms with Crippen molar-refractivity contribution >= 4 is 0 Å². The van der Waals surface area contributed by atoms with E-state index in [0.29, 0.717) is 5.92 Å². The molecular weight excluding hydrogens is 204 g/mol. The molecule has 0 amide bonds. The van der Waals surface area contributed by atoms with Crippen LogP contribution in [-0.2, 0) is 17.7 Å². The highest BCUT2D eigenvalue weighted by atomic mass is 16.5. The van der Waals surface area contributed by atoms with Crippen molar-refractivity contribution in [3.8, 4) is 0 Å². The second-order valence-corrected chi connectivity index (χ2v) is 4.82. The Morgan fingerprint density at radius 1 is 1.44 bits per heavy atom. The summed E-state index contributed by atoms with van der Waals surface area (Å²) in [5.74, 6) is 1.62. The number of rotatable bonds is 1. The van der Waals surface area contributed by atoms with E-state index in [0.717, 1.165) is 39.0 Å². The second kappa shape index (κ2) is 4.18. The lowest BCUT2D eigenvalue weighted by molar-refractivity contribution is 0.0758. The van der Waals surface area contributed by atoms with E-state index in [1.54, 1.807) is 0 Å². The van der Waals surface area contributed by atoms with Gasteiger partial charge in [0.05, 0.1) is 12.7 Å². The average Bonchev–Trinajstić information content (AvgIpc) is 2.73. The van der Waals surface area contributed by atoms with E-state index in [1.165, 1.54) is 17.9 Å². The minimum absolute atomic E-state index is 0.181. The van der Waals surface area contributed by atoms with Gasteiger partial charge in [-0.25, -0.2) is 4.98 Å². The molecule has 2 aliphatic rings. The fourth-order valence-corrected chi connectivity index (χ4v) is 2.74. The highest BCUT2D eigenvalue weighted by molar-refractivity contribution is 5.13. The van der Waals surface area contributed by atoms with Crippen LogP contribution in [0, 0.1) is 0 Å². The van der Waals surface area contributed by atoms with Crippen molar-refractivity contribution in [3.05, 3.63) is 17.7 Å². The van der Waals surface area contributed by atoms with E-state index in [4.69, 9.17) is 4.74 Å². The molecule has 1 saturated heterocycles. The van der Waals surface area contributed by atoms with Gasteiger partial charge in [-0.15, -0.1) is 0 Å². The monoisotopic (exact) mass is 222 g/mol. The number of hydrogen-bond acceptors (Lipinski definition) is 3. The van der Waals surface area contributed by atoms with Crippen molar-refractivity contribution in [2.24, 2.45) is 0 Å². The van der Waals surface area contributed by atoms with Gasteiger partial charge in [-0.1, -0.05) is 0 Å². The minimum atomic E-state index is -0.181. The lowest BCUT2D eigenvalue weighted by atomic mass is 10.0. The van der Waals surface area contributed by atoms with Crippen molar-refractivity contribution in [1.82, 2.24) is 9.55 Å². The number of nitrogens with zero attached hydrogens (tertiary/aromatic N) is 2. The summed E-state index contributed by atoms with van der Waals surface area (Å²) >= 11 is 0. The van der Waals surface area contributed by atoms with E-state index >= 15 is 0 Å². The quantitative estimate of drug-likeness (QED) is 0.773. The van der Waals surface area contributed by atoms with Crippen molar-refractivity contribution in [2.45, 2.75) is 44.2 Å². The number of aliphatic hydroxyl groups is 1. The van der Waals surface area contributed by atoms with Gasteiger partial charge in [0.25, 0.3) is 0 Å². The van der Waals surface area contributed by atoms with Gasteiger partial charge in [0, 0.05) is 37.4 Å². The van der Waals surface area contributed by atoms with Crippen molar-refractivity contribution in [1.29, 1.82) is 0 Å². The molecule has 1 fully saturated rings. The molecule has 3 heterocycles. The van der Waals surface area contributed by atoms with Crippen LogP contribution in [0.1, 0.15) is 36.7 Å². The largest absolute Gasteiger partial charge is 0.393 e. The van der Waals surface area contributed by atoms with Crippen LogP contribution >= 0.6 is 0 Å². The van der Waals surface area contributed by atoms with Crippen LogP contribution in [0.5, 0.6) is 0 Å².